The maximum absolute atomic E-state index is 5.88. The van der Waals surface area contributed by atoms with Crippen LogP contribution >= 0.6 is 34.8 Å². The van der Waals surface area contributed by atoms with E-state index in [1.54, 1.807) is 6.08 Å². The second-order valence-corrected chi connectivity index (χ2v) is 7.29. The van der Waals surface area contributed by atoms with E-state index in [2.05, 4.69) is 21.5 Å². The predicted octanol–water partition coefficient (Wildman–Crippen LogP) is 5.68. The van der Waals surface area contributed by atoms with Gasteiger partial charge in [0.25, 0.3) is 0 Å². The van der Waals surface area contributed by atoms with Crippen molar-refractivity contribution in [1.82, 2.24) is 15.0 Å². The molecule has 3 nitrogen and oxygen atoms in total. The molecule has 24 heavy (non-hydrogen) atoms. The lowest BCUT2D eigenvalue weighted by atomic mass is 9.97. The zero-order valence-corrected chi connectivity index (χ0v) is 14.7. The summed E-state index contributed by atoms with van der Waals surface area (Å²) in [4.78, 5) is 12.5. The maximum atomic E-state index is 5.88. The van der Waals surface area contributed by atoms with Gasteiger partial charge in [0, 0.05) is 5.56 Å². The van der Waals surface area contributed by atoms with Crippen molar-refractivity contribution in [2.24, 2.45) is 0 Å². The number of nitrogens with zero attached hydrogens (tertiary/aromatic N) is 3. The Hall–Kier alpha value is -1.94. The van der Waals surface area contributed by atoms with E-state index in [1.165, 1.54) is 6.33 Å². The van der Waals surface area contributed by atoms with Gasteiger partial charge in [-0.3, -0.25) is 0 Å². The van der Waals surface area contributed by atoms with Gasteiger partial charge >= 0.3 is 0 Å². The van der Waals surface area contributed by atoms with Crippen molar-refractivity contribution >= 4 is 40.9 Å². The maximum Gasteiger partial charge on any atom is 0.250 e. The molecule has 0 saturated heterocycles. The minimum Gasteiger partial charge on any atom is -0.217 e. The first kappa shape index (κ1) is 16.9. The number of hydrogen-bond donors (Lipinski definition) is 0. The Morgan fingerprint density at radius 3 is 2.38 bits per heavy atom. The van der Waals surface area contributed by atoms with Crippen LogP contribution in [-0.2, 0) is 3.79 Å². The fraction of sp³-hybridized carbons (Fsp3) is 0.0556. The lowest BCUT2D eigenvalue weighted by Gasteiger charge is -2.12. The molecule has 3 aromatic rings. The summed E-state index contributed by atoms with van der Waals surface area (Å²) in [5.74, 6) is 0.540. The Labute approximate surface area is 155 Å². The quantitative estimate of drug-likeness (QED) is 0.552. The van der Waals surface area contributed by atoms with Crippen LogP contribution in [0.15, 0.2) is 61.4 Å². The van der Waals surface area contributed by atoms with Crippen molar-refractivity contribution < 1.29 is 0 Å². The van der Waals surface area contributed by atoms with Crippen molar-refractivity contribution in [2.45, 2.75) is 3.79 Å². The van der Waals surface area contributed by atoms with Crippen LogP contribution in [0.2, 0.25) is 0 Å². The van der Waals surface area contributed by atoms with Crippen molar-refractivity contribution in [2.75, 3.05) is 0 Å². The number of aromatic nitrogens is 3. The van der Waals surface area contributed by atoms with Crippen LogP contribution in [-0.4, -0.2) is 15.0 Å². The van der Waals surface area contributed by atoms with Crippen LogP contribution in [0.1, 0.15) is 11.4 Å². The van der Waals surface area contributed by atoms with Gasteiger partial charge < -0.3 is 0 Å². The van der Waals surface area contributed by atoms with Gasteiger partial charge in [-0.2, -0.15) is 0 Å². The summed E-state index contributed by atoms with van der Waals surface area (Å²) in [6.45, 7) is 3.81. The highest BCUT2D eigenvalue weighted by Gasteiger charge is 2.27. The molecule has 0 radical (unpaired) electrons. The van der Waals surface area contributed by atoms with E-state index < -0.39 is 3.79 Å². The normalized spacial score (nSPS) is 11.3. The first-order chi connectivity index (χ1) is 11.5. The van der Waals surface area contributed by atoms with Crippen molar-refractivity contribution in [3.63, 3.8) is 0 Å². The summed E-state index contributed by atoms with van der Waals surface area (Å²) in [6, 6.07) is 15.8. The van der Waals surface area contributed by atoms with Crippen molar-refractivity contribution in [1.29, 1.82) is 0 Å². The fourth-order valence-corrected chi connectivity index (χ4v) is 2.60. The Morgan fingerprint density at radius 1 is 0.917 bits per heavy atom. The molecule has 0 fully saturated rings. The van der Waals surface area contributed by atoms with E-state index >= 15 is 0 Å². The molecule has 0 aliphatic carbocycles. The SMILES string of the molecule is C=Cc1cccc(-c2ccccc2-c2ncnc(C(Cl)(Cl)Cl)n2)c1. The van der Waals surface area contributed by atoms with E-state index in [0.717, 1.165) is 22.3 Å². The van der Waals surface area contributed by atoms with E-state index in [1.807, 2.05) is 48.5 Å². The number of alkyl halides is 3. The molecule has 1 aromatic heterocycles. The summed E-state index contributed by atoms with van der Waals surface area (Å²) in [5.41, 5.74) is 3.86. The highest BCUT2D eigenvalue weighted by molar-refractivity contribution is 6.66. The molecule has 0 unspecified atom stereocenters. The molecule has 0 amide bonds. The van der Waals surface area contributed by atoms with Crippen LogP contribution in [0.5, 0.6) is 0 Å². The minimum atomic E-state index is -1.70. The summed E-state index contributed by atoms with van der Waals surface area (Å²) in [7, 11) is 0. The number of hydrogen-bond acceptors (Lipinski definition) is 3. The van der Waals surface area contributed by atoms with E-state index in [9.17, 15) is 0 Å². The topological polar surface area (TPSA) is 38.7 Å². The molecule has 0 aliphatic heterocycles. The van der Waals surface area contributed by atoms with Gasteiger partial charge in [0.05, 0.1) is 0 Å². The van der Waals surface area contributed by atoms with Gasteiger partial charge in [0.2, 0.25) is 3.79 Å². The average molecular weight is 377 g/mol. The third kappa shape index (κ3) is 3.59. The van der Waals surface area contributed by atoms with Gasteiger partial charge in [-0.15, -0.1) is 0 Å². The molecule has 2 aromatic carbocycles. The van der Waals surface area contributed by atoms with E-state index in [0.29, 0.717) is 5.82 Å². The molecule has 0 spiro atoms. The Morgan fingerprint density at radius 2 is 1.67 bits per heavy atom. The standard InChI is InChI=1S/C18H12Cl3N3/c1-2-12-6-5-7-13(10-12)14-8-3-4-9-15(14)16-22-11-23-17(24-16)18(19,20)21/h2-11H,1H2. The molecule has 3 rings (SSSR count). The average Bonchev–Trinajstić information content (AvgIpc) is 2.61. The van der Waals surface area contributed by atoms with Gasteiger partial charge in [0.1, 0.15) is 6.33 Å². The minimum absolute atomic E-state index is 0.0899. The number of rotatable bonds is 3. The monoisotopic (exact) mass is 375 g/mol. The number of halogens is 3. The Kier molecular flexibility index (Phi) is 4.86. The van der Waals surface area contributed by atoms with Crippen LogP contribution in [0.3, 0.4) is 0 Å². The van der Waals surface area contributed by atoms with E-state index in [-0.39, 0.29) is 5.82 Å². The van der Waals surface area contributed by atoms with Gasteiger partial charge in [-0.25, -0.2) is 15.0 Å². The molecule has 0 atom stereocenters. The molecule has 0 aliphatic rings. The summed E-state index contributed by atoms with van der Waals surface area (Å²) >= 11 is 17.6. The molecular weight excluding hydrogens is 365 g/mol. The van der Waals surface area contributed by atoms with Gasteiger partial charge in [-0.1, -0.05) is 89.9 Å². The number of benzene rings is 2. The van der Waals surface area contributed by atoms with Gasteiger partial charge in [0.15, 0.2) is 11.6 Å². The zero-order chi connectivity index (χ0) is 17.2. The Balaban J connectivity index is 2.15. The van der Waals surface area contributed by atoms with Crippen molar-refractivity contribution in [3.8, 4) is 22.5 Å². The van der Waals surface area contributed by atoms with Crippen LogP contribution in [0, 0.1) is 0 Å². The highest BCUT2D eigenvalue weighted by Crippen LogP contribution is 2.37. The molecule has 120 valence electrons. The molecule has 0 N–H and O–H groups in total. The zero-order valence-electron chi connectivity index (χ0n) is 12.5. The first-order valence-electron chi connectivity index (χ1n) is 7.07. The second-order valence-electron chi connectivity index (χ2n) is 5.01. The molecule has 0 saturated carbocycles. The predicted molar refractivity (Wildman–Crippen MR) is 100 cm³/mol. The molecule has 6 heteroatoms. The highest BCUT2D eigenvalue weighted by atomic mass is 35.6. The summed E-state index contributed by atoms with van der Waals surface area (Å²) in [6.07, 6.45) is 3.15. The fourth-order valence-electron chi connectivity index (χ4n) is 2.33. The molecule has 0 bridgehead atoms. The third-order valence-corrected chi connectivity index (χ3v) is 3.93. The van der Waals surface area contributed by atoms with Crippen LogP contribution < -0.4 is 0 Å². The van der Waals surface area contributed by atoms with Crippen molar-refractivity contribution in [3.05, 3.63) is 72.8 Å². The van der Waals surface area contributed by atoms with Crippen LogP contribution in [0.4, 0.5) is 0 Å². The summed E-state index contributed by atoms with van der Waals surface area (Å²) in [5, 5.41) is 0. The van der Waals surface area contributed by atoms with E-state index in [4.69, 9.17) is 34.8 Å². The third-order valence-electron chi connectivity index (χ3n) is 3.43. The van der Waals surface area contributed by atoms with Gasteiger partial charge in [-0.05, 0) is 22.8 Å². The largest absolute Gasteiger partial charge is 0.250 e. The summed E-state index contributed by atoms with van der Waals surface area (Å²) < 4.78 is -1.70. The lowest BCUT2D eigenvalue weighted by Crippen LogP contribution is -2.08. The molecular formula is C18H12Cl3N3. The molecule has 1 heterocycles. The smallest absolute Gasteiger partial charge is 0.217 e. The first-order valence-corrected chi connectivity index (χ1v) is 8.21. The second kappa shape index (κ2) is 6.89. The van der Waals surface area contributed by atoms with Crippen LogP contribution in [0.25, 0.3) is 28.6 Å². The lowest BCUT2D eigenvalue weighted by molar-refractivity contribution is 0.924. The Bertz CT molecular complexity index is 888.